The van der Waals surface area contributed by atoms with Crippen molar-refractivity contribution in [3.8, 4) is 0 Å². The molecule has 0 radical (unpaired) electrons. The summed E-state index contributed by atoms with van der Waals surface area (Å²) < 4.78 is 1.06. The first-order valence-electron chi connectivity index (χ1n) is 7.20. The minimum absolute atomic E-state index is 0.0114. The number of amides is 1. The zero-order valence-corrected chi connectivity index (χ0v) is 13.2. The SMILES string of the molecule is CC(C)CCC[C@H](C)NC(=O)c1ccc2ncsc2c1. The lowest BCUT2D eigenvalue weighted by atomic mass is 10.0. The molecule has 1 aromatic heterocycles. The molecular formula is C16H22N2OS. The molecule has 0 fully saturated rings. The van der Waals surface area contributed by atoms with Crippen LogP contribution in [0.2, 0.25) is 0 Å². The van der Waals surface area contributed by atoms with Crippen LogP contribution in [0.3, 0.4) is 0 Å². The van der Waals surface area contributed by atoms with Crippen molar-refractivity contribution in [1.82, 2.24) is 10.3 Å². The van der Waals surface area contributed by atoms with Gasteiger partial charge in [-0.25, -0.2) is 4.98 Å². The van der Waals surface area contributed by atoms with Crippen LogP contribution in [-0.4, -0.2) is 16.9 Å². The van der Waals surface area contributed by atoms with Crippen LogP contribution < -0.4 is 5.32 Å². The summed E-state index contributed by atoms with van der Waals surface area (Å²) >= 11 is 1.56. The van der Waals surface area contributed by atoms with Crippen molar-refractivity contribution in [3.05, 3.63) is 29.3 Å². The third kappa shape index (κ3) is 4.04. The van der Waals surface area contributed by atoms with Crippen LogP contribution in [-0.2, 0) is 0 Å². The number of hydrogen-bond acceptors (Lipinski definition) is 3. The van der Waals surface area contributed by atoms with Crippen LogP contribution in [0.4, 0.5) is 0 Å². The predicted molar refractivity (Wildman–Crippen MR) is 85.2 cm³/mol. The summed E-state index contributed by atoms with van der Waals surface area (Å²) in [4.78, 5) is 16.4. The fourth-order valence-corrected chi connectivity index (χ4v) is 2.92. The van der Waals surface area contributed by atoms with E-state index >= 15 is 0 Å². The smallest absolute Gasteiger partial charge is 0.251 e. The standard InChI is InChI=1S/C16H22N2OS/c1-11(2)5-4-6-12(3)18-16(19)13-7-8-14-15(9-13)20-10-17-14/h7-12H,4-6H2,1-3H3,(H,18,19)/t12-/m0/s1. The third-order valence-electron chi connectivity index (χ3n) is 3.39. The van der Waals surface area contributed by atoms with Gasteiger partial charge in [-0.15, -0.1) is 11.3 Å². The molecular weight excluding hydrogens is 268 g/mol. The summed E-state index contributed by atoms with van der Waals surface area (Å²) in [5.41, 5.74) is 3.48. The van der Waals surface area contributed by atoms with Crippen LogP contribution in [0.5, 0.6) is 0 Å². The summed E-state index contributed by atoms with van der Waals surface area (Å²) in [6, 6.07) is 5.89. The van der Waals surface area contributed by atoms with Gasteiger partial charge in [0.1, 0.15) is 0 Å². The molecule has 2 aromatic rings. The molecule has 0 unspecified atom stereocenters. The average Bonchev–Trinajstić information content (AvgIpc) is 2.85. The highest BCUT2D eigenvalue weighted by Gasteiger charge is 2.11. The van der Waals surface area contributed by atoms with Crippen LogP contribution in [0.25, 0.3) is 10.2 Å². The molecule has 0 saturated heterocycles. The Morgan fingerprint density at radius 3 is 2.85 bits per heavy atom. The summed E-state index contributed by atoms with van der Waals surface area (Å²) in [5, 5.41) is 3.07. The van der Waals surface area contributed by atoms with Crippen LogP contribution in [0.1, 0.15) is 50.4 Å². The van der Waals surface area contributed by atoms with Crippen LogP contribution >= 0.6 is 11.3 Å². The van der Waals surface area contributed by atoms with Crippen molar-refractivity contribution in [1.29, 1.82) is 0 Å². The van der Waals surface area contributed by atoms with Gasteiger partial charge in [-0.3, -0.25) is 4.79 Å². The second-order valence-corrected chi connectivity index (χ2v) is 6.62. The minimum atomic E-state index is 0.0114. The lowest BCUT2D eigenvalue weighted by Gasteiger charge is -2.14. The Hall–Kier alpha value is -1.42. The van der Waals surface area contributed by atoms with E-state index in [-0.39, 0.29) is 11.9 Å². The molecule has 1 heterocycles. The van der Waals surface area contributed by atoms with Gasteiger partial charge in [0.05, 0.1) is 15.7 Å². The average molecular weight is 290 g/mol. The van der Waals surface area contributed by atoms with Gasteiger partial charge in [0.2, 0.25) is 0 Å². The number of nitrogens with one attached hydrogen (secondary N) is 1. The van der Waals surface area contributed by atoms with E-state index in [0.29, 0.717) is 0 Å². The number of rotatable bonds is 6. The second kappa shape index (κ2) is 6.84. The monoisotopic (exact) mass is 290 g/mol. The topological polar surface area (TPSA) is 42.0 Å². The van der Waals surface area contributed by atoms with E-state index in [0.717, 1.165) is 34.5 Å². The van der Waals surface area contributed by atoms with E-state index in [4.69, 9.17) is 0 Å². The van der Waals surface area contributed by atoms with Crippen molar-refractivity contribution in [2.75, 3.05) is 0 Å². The first kappa shape index (κ1) is 15.0. The minimum Gasteiger partial charge on any atom is -0.350 e. The van der Waals surface area contributed by atoms with E-state index in [9.17, 15) is 4.79 Å². The highest BCUT2D eigenvalue weighted by atomic mass is 32.1. The second-order valence-electron chi connectivity index (χ2n) is 5.73. The van der Waals surface area contributed by atoms with Gasteiger partial charge in [-0.2, -0.15) is 0 Å². The van der Waals surface area contributed by atoms with Crippen molar-refractivity contribution in [3.63, 3.8) is 0 Å². The van der Waals surface area contributed by atoms with Gasteiger partial charge >= 0.3 is 0 Å². The Morgan fingerprint density at radius 1 is 1.30 bits per heavy atom. The summed E-state index contributed by atoms with van der Waals surface area (Å²) in [6.45, 7) is 6.53. The first-order chi connectivity index (χ1) is 9.56. The Balaban J connectivity index is 1.90. The molecule has 20 heavy (non-hydrogen) atoms. The van der Waals surface area contributed by atoms with Crippen LogP contribution in [0, 0.1) is 5.92 Å². The maximum absolute atomic E-state index is 12.2. The highest BCUT2D eigenvalue weighted by molar-refractivity contribution is 7.16. The third-order valence-corrected chi connectivity index (χ3v) is 4.18. The molecule has 1 aromatic carbocycles. The van der Waals surface area contributed by atoms with Gasteiger partial charge in [0.15, 0.2) is 0 Å². The number of thiazole rings is 1. The fraction of sp³-hybridized carbons (Fsp3) is 0.500. The number of hydrogen-bond donors (Lipinski definition) is 1. The van der Waals surface area contributed by atoms with Gasteiger partial charge in [0.25, 0.3) is 5.91 Å². The molecule has 4 heteroatoms. The first-order valence-corrected chi connectivity index (χ1v) is 8.08. The van der Waals surface area contributed by atoms with Gasteiger partial charge < -0.3 is 5.32 Å². The van der Waals surface area contributed by atoms with E-state index in [1.807, 2.05) is 18.2 Å². The molecule has 0 aliphatic heterocycles. The van der Waals surface area contributed by atoms with E-state index in [1.54, 1.807) is 16.8 Å². The van der Waals surface area contributed by atoms with Crippen molar-refractivity contribution < 1.29 is 4.79 Å². The zero-order chi connectivity index (χ0) is 14.5. The zero-order valence-electron chi connectivity index (χ0n) is 12.3. The lowest BCUT2D eigenvalue weighted by molar-refractivity contribution is 0.0938. The number of carbonyl (C=O) groups excluding carboxylic acids is 1. The maximum atomic E-state index is 12.2. The number of aromatic nitrogens is 1. The largest absolute Gasteiger partial charge is 0.350 e. The Kier molecular flexibility index (Phi) is 5.12. The molecule has 3 nitrogen and oxygen atoms in total. The van der Waals surface area contributed by atoms with E-state index in [1.165, 1.54) is 6.42 Å². The number of carbonyl (C=O) groups is 1. The van der Waals surface area contributed by atoms with E-state index in [2.05, 4.69) is 31.1 Å². The molecule has 0 spiro atoms. The molecule has 0 aliphatic carbocycles. The van der Waals surface area contributed by atoms with Gasteiger partial charge in [-0.1, -0.05) is 26.7 Å². The quantitative estimate of drug-likeness (QED) is 0.864. The Morgan fingerprint density at radius 2 is 2.10 bits per heavy atom. The number of benzene rings is 1. The number of nitrogens with zero attached hydrogens (tertiary/aromatic N) is 1. The Labute approximate surface area is 124 Å². The molecule has 108 valence electrons. The van der Waals surface area contributed by atoms with Gasteiger partial charge in [-0.05, 0) is 37.5 Å². The molecule has 1 N–H and O–H groups in total. The van der Waals surface area contributed by atoms with Crippen molar-refractivity contribution in [2.24, 2.45) is 5.92 Å². The molecule has 0 aliphatic rings. The highest BCUT2D eigenvalue weighted by Crippen LogP contribution is 2.19. The predicted octanol–water partition coefficient (Wildman–Crippen LogP) is 4.24. The molecule has 1 atom stereocenters. The lowest BCUT2D eigenvalue weighted by Crippen LogP contribution is -2.32. The summed E-state index contributed by atoms with van der Waals surface area (Å²) in [5.74, 6) is 0.740. The molecule has 1 amide bonds. The van der Waals surface area contributed by atoms with Crippen molar-refractivity contribution in [2.45, 2.75) is 46.1 Å². The maximum Gasteiger partial charge on any atom is 0.251 e. The fourth-order valence-electron chi connectivity index (χ4n) is 2.21. The summed E-state index contributed by atoms with van der Waals surface area (Å²) in [6.07, 6.45) is 3.41. The molecule has 0 saturated carbocycles. The van der Waals surface area contributed by atoms with Crippen molar-refractivity contribution >= 4 is 27.5 Å². The molecule has 2 rings (SSSR count). The number of fused-ring (bicyclic) bond motifs is 1. The normalized spacial score (nSPS) is 12.8. The summed E-state index contributed by atoms with van der Waals surface area (Å²) in [7, 11) is 0. The Bertz CT molecular complexity index is 577. The van der Waals surface area contributed by atoms with E-state index < -0.39 is 0 Å². The van der Waals surface area contributed by atoms with Gasteiger partial charge in [0, 0.05) is 11.6 Å². The van der Waals surface area contributed by atoms with Crippen LogP contribution in [0.15, 0.2) is 23.7 Å². The molecule has 0 bridgehead atoms.